The van der Waals surface area contributed by atoms with Crippen LogP contribution in [0.1, 0.15) is 27.7 Å². The van der Waals surface area contributed by atoms with Crippen molar-refractivity contribution in [1.82, 2.24) is 9.97 Å². The smallest absolute Gasteiger partial charge is 0.190 e. The molecule has 110 valence electrons. The van der Waals surface area contributed by atoms with Gasteiger partial charge in [-0.1, -0.05) is 39.8 Å². The van der Waals surface area contributed by atoms with Crippen LogP contribution < -0.4 is 5.43 Å². The van der Waals surface area contributed by atoms with Gasteiger partial charge >= 0.3 is 0 Å². The average Bonchev–Trinajstić information content (AvgIpc) is 2.59. The third-order valence-electron chi connectivity index (χ3n) is 2.73. The molecule has 3 nitrogen and oxygen atoms in total. The lowest BCUT2D eigenvalue weighted by molar-refractivity contribution is 1.31. The molecule has 1 N–H and O–H groups in total. The Kier molecular flexibility index (Phi) is 6.88. The van der Waals surface area contributed by atoms with Gasteiger partial charge in [0.15, 0.2) is 5.43 Å². The summed E-state index contributed by atoms with van der Waals surface area (Å²) >= 11 is 0. The van der Waals surface area contributed by atoms with Crippen LogP contribution in [-0.2, 0) is 0 Å². The predicted molar refractivity (Wildman–Crippen MR) is 90.5 cm³/mol. The van der Waals surface area contributed by atoms with Gasteiger partial charge in [0.25, 0.3) is 0 Å². The summed E-state index contributed by atoms with van der Waals surface area (Å²) < 4.78 is 0. The zero-order valence-corrected chi connectivity index (χ0v) is 13.1. The summed E-state index contributed by atoms with van der Waals surface area (Å²) in [5.41, 5.74) is 2.66. The van der Waals surface area contributed by atoms with Crippen molar-refractivity contribution in [2.45, 2.75) is 27.7 Å². The fraction of sp³-hybridized carbons (Fsp3) is 0.222. The van der Waals surface area contributed by atoms with E-state index in [9.17, 15) is 4.79 Å². The number of benzene rings is 1. The summed E-state index contributed by atoms with van der Waals surface area (Å²) in [6.07, 6.45) is 3.42. The third-order valence-corrected chi connectivity index (χ3v) is 2.73. The van der Waals surface area contributed by atoms with Gasteiger partial charge in [-0.3, -0.25) is 9.78 Å². The summed E-state index contributed by atoms with van der Waals surface area (Å²) in [5, 5.41) is 0.713. The second kappa shape index (κ2) is 8.69. The molecule has 0 aliphatic heterocycles. The van der Waals surface area contributed by atoms with Crippen LogP contribution in [0.2, 0.25) is 0 Å². The minimum absolute atomic E-state index is 0.0335. The van der Waals surface area contributed by atoms with Crippen LogP contribution in [0.5, 0.6) is 0 Å². The zero-order chi connectivity index (χ0) is 15.7. The number of aromatic amines is 1. The van der Waals surface area contributed by atoms with Gasteiger partial charge in [0, 0.05) is 40.6 Å². The first-order valence-electron chi connectivity index (χ1n) is 7.37. The van der Waals surface area contributed by atoms with E-state index in [-0.39, 0.29) is 5.43 Å². The number of aromatic nitrogens is 2. The molecule has 0 aliphatic rings. The number of rotatable bonds is 1. The molecule has 3 heteroatoms. The molecular formula is C18H22N2O. The van der Waals surface area contributed by atoms with Crippen molar-refractivity contribution in [3.8, 4) is 11.3 Å². The predicted octanol–water partition coefficient (Wildman–Crippen LogP) is 4.64. The third kappa shape index (κ3) is 4.02. The number of nitrogens with zero attached hydrogens (tertiary/aromatic N) is 1. The molecule has 1 aromatic carbocycles. The maximum atomic E-state index is 11.9. The lowest BCUT2D eigenvalue weighted by Crippen LogP contribution is -2.02. The van der Waals surface area contributed by atoms with Gasteiger partial charge in [0.05, 0.1) is 0 Å². The topological polar surface area (TPSA) is 45.8 Å². The molecule has 0 radical (unpaired) electrons. The standard InChI is InChI=1S/C14H10N2O.2C2H6/c17-14-9-13(10-5-7-15-8-6-10)16-12-4-2-1-3-11(12)14;2*1-2/h1-9H,(H,16,17);2*1-2H3. The quantitative estimate of drug-likeness (QED) is 0.706. The molecule has 3 rings (SSSR count). The Morgan fingerprint density at radius 1 is 0.905 bits per heavy atom. The summed E-state index contributed by atoms with van der Waals surface area (Å²) in [4.78, 5) is 19.2. The number of nitrogens with one attached hydrogen (secondary N) is 1. The van der Waals surface area contributed by atoms with E-state index in [1.807, 2.05) is 64.1 Å². The van der Waals surface area contributed by atoms with Crippen LogP contribution in [0.4, 0.5) is 0 Å². The fourth-order valence-corrected chi connectivity index (χ4v) is 1.88. The van der Waals surface area contributed by atoms with Gasteiger partial charge in [-0.2, -0.15) is 0 Å². The number of para-hydroxylation sites is 1. The highest BCUT2D eigenvalue weighted by atomic mass is 16.1. The second-order valence-electron chi connectivity index (χ2n) is 3.83. The molecule has 0 atom stereocenters. The van der Waals surface area contributed by atoms with Crippen LogP contribution in [0.15, 0.2) is 59.7 Å². The van der Waals surface area contributed by atoms with Gasteiger partial charge in [0.2, 0.25) is 0 Å². The van der Waals surface area contributed by atoms with Crippen molar-refractivity contribution in [2.75, 3.05) is 0 Å². The number of fused-ring (bicyclic) bond motifs is 1. The second-order valence-corrected chi connectivity index (χ2v) is 3.83. The maximum Gasteiger partial charge on any atom is 0.190 e. The average molecular weight is 282 g/mol. The minimum Gasteiger partial charge on any atom is -0.354 e. The lowest BCUT2D eigenvalue weighted by atomic mass is 10.1. The van der Waals surface area contributed by atoms with Crippen LogP contribution in [0.3, 0.4) is 0 Å². The Morgan fingerprint density at radius 3 is 2.19 bits per heavy atom. The van der Waals surface area contributed by atoms with E-state index in [0.29, 0.717) is 5.39 Å². The lowest BCUT2D eigenvalue weighted by Gasteiger charge is -2.03. The maximum absolute atomic E-state index is 11.9. The van der Waals surface area contributed by atoms with Crippen molar-refractivity contribution in [1.29, 1.82) is 0 Å². The molecule has 0 amide bonds. The molecule has 0 saturated heterocycles. The molecule has 0 aliphatic carbocycles. The molecule has 0 bridgehead atoms. The van der Waals surface area contributed by atoms with Crippen LogP contribution >= 0.6 is 0 Å². The summed E-state index contributed by atoms with van der Waals surface area (Å²) in [5.74, 6) is 0. The fourth-order valence-electron chi connectivity index (χ4n) is 1.88. The Labute approximate surface area is 125 Å². The molecule has 21 heavy (non-hydrogen) atoms. The van der Waals surface area contributed by atoms with Gasteiger partial charge in [-0.25, -0.2) is 0 Å². The number of pyridine rings is 2. The first kappa shape index (κ1) is 16.6. The van der Waals surface area contributed by atoms with E-state index in [2.05, 4.69) is 9.97 Å². The molecule has 0 spiro atoms. The Hall–Kier alpha value is -2.42. The summed E-state index contributed by atoms with van der Waals surface area (Å²) in [6.45, 7) is 8.00. The minimum atomic E-state index is 0.0335. The molecule has 0 unspecified atom stereocenters. The SMILES string of the molecule is CC.CC.O=c1cc(-c2ccncc2)[nH]c2ccccc12. The molecule has 3 aromatic rings. The molecule has 2 heterocycles. The van der Waals surface area contributed by atoms with Crippen molar-refractivity contribution in [3.05, 3.63) is 65.1 Å². The van der Waals surface area contributed by atoms with E-state index in [4.69, 9.17) is 0 Å². The molecule has 0 fully saturated rings. The summed E-state index contributed by atoms with van der Waals surface area (Å²) in [6, 6.07) is 12.9. The highest BCUT2D eigenvalue weighted by Crippen LogP contribution is 2.16. The van der Waals surface area contributed by atoms with Gasteiger partial charge in [0.1, 0.15) is 0 Å². The van der Waals surface area contributed by atoms with Crippen molar-refractivity contribution < 1.29 is 0 Å². The largest absolute Gasteiger partial charge is 0.354 e. The van der Waals surface area contributed by atoms with Crippen LogP contribution in [0, 0.1) is 0 Å². The molecule has 2 aromatic heterocycles. The van der Waals surface area contributed by atoms with Crippen LogP contribution in [0.25, 0.3) is 22.2 Å². The number of H-pyrrole nitrogens is 1. The van der Waals surface area contributed by atoms with E-state index in [1.54, 1.807) is 18.5 Å². The van der Waals surface area contributed by atoms with Crippen molar-refractivity contribution in [3.63, 3.8) is 0 Å². The van der Waals surface area contributed by atoms with Crippen molar-refractivity contribution in [2.24, 2.45) is 0 Å². The normalized spacial score (nSPS) is 9.14. The first-order chi connectivity index (χ1) is 10.3. The van der Waals surface area contributed by atoms with Crippen molar-refractivity contribution >= 4 is 10.9 Å². The van der Waals surface area contributed by atoms with Gasteiger partial charge in [-0.15, -0.1) is 0 Å². The Bertz CT molecular complexity index is 718. The number of hydrogen-bond acceptors (Lipinski definition) is 2. The van der Waals surface area contributed by atoms with E-state index >= 15 is 0 Å². The highest BCUT2D eigenvalue weighted by molar-refractivity contribution is 5.81. The van der Waals surface area contributed by atoms with E-state index < -0.39 is 0 Å². The van der Waals surface area contributed by atoms with Crippen LogP contribution in [-0.4, -0.2) is 9.97 Å². The first-order valence-corrected chi connectivity index (χ1v) is 7.37. The summed E-state index contributed by atoms with van der Waals surface area (Å²) in [7, 11) is 0. The van der Waals surface area contributed by atoms with E-state index in [0.717, 1.165) is 16.8 Å². The highest BCUT2D eigenvalue weighted by Gasteiger charge is 2.02. The van der Waals surface area contributed by atoms with E-state index in [1.165, 1.54) is 0 Å². The van der Waals surface area contributed by atoms with Gasteiger partial charge in [-0.05, 0) is 24.3 Å². The Balaban J connectivity index is 0.000000510. The number of hydrogen-bond donors (Lipinski definition) is 1. The Morgan fingerprint density at radius 2 is 1.52 bits per heavy atom. The molecule has 0 saturated carbocycles. The van der Waals surface area contributed by atoms with Gasteiger partial charge < -0.3 is 4.98 Å². The zero-order valence-electron chi connectivity index (χ0n) is 13.1. The monoisotopic (exact) mass is 282 g/mol. The molecular weight excluding hydrogens is 260 g/mol.